The van der Waals surface area contributed by atoms with Crippen molar-refractivity contribution >= 4 is 27.7 Å². The van der Waals surface area contributed by atoms with Crippen LogP contribution in [0.25, 0.3) is 11.1 Å². The highest BCUT2D eigenvalue weighted by molar-refractivity contribution is 9.10. The molecular formula is C14H10BrFN2O2. The molecule has 0 saturated heterocycles. The van der Waals surface area contributed by atoms with Crippen LogP contribution in [0.4, 0.5) is 4.39 Å². The van der Waals surface area contributed by atoms with E-state index in [4.69, 9.17) is 11.5 Å². The summed E-state index contributed by atoms with van der Waals surface area (Å²) in [6.45, 7) is 0. The van der Waals surface area contributed by atoms with Gasteiger partial charge in [-0.15, -0.1) is 0 Å². The first-order valence-electron chi connectivity index (χ1n) is 5.60. The molecule has 2 rings (SSSR count). The average molecular weight is 337 g/mol. The molecule has 2 aromatic rings. The number of carbonyl (C=O) groups excluding carboxylic acids is 2. The molecule has 0 aromatic heterocycles. The Kier molecular flexibility index (Phi) is 3.85. The highest BCUT2D eigenvalue weighted by atomic mass is 79.9. The molecule has 0 aliphatic carbocycles. The van der Waals surface area contributed by atoms with Crippen LogP contribution in [0.2, 0.25) is 0 Å². The molecular weight excluding hydrogens is 327 g/mol. The Bertz CT molecular complexity index is 684. The number of primary amides is 2. The third-order valence-electron chi connectivity index (χ3n) is 2.79. The van der Waals surface area contributed by atoms with Gasteiger partial charge in [-0.25, -0.2) is 4.39 Å². The SMILES string of the molecule is NC(=O)c1cccc(C(N)=O)c1-c1cc(Br)ccc1F. The number of hydrogen-bond donors (Lipinski definition) is 2. The Morgan fingerprint density at radius 2 is 1.55 bits per heavy atom. The van der Waals surface area contributed by atoms with Crippen LogP contribution in [0.3, 0.4) is 0 Å². The molecule has 0 unspecified atom stereocenters. The van der Waals surface area contributed by atoms with E-state index in [0.29, 0.717) is 4.47 Å². The number of amides is 2. The molecule has 4 nitrogen and oxygen atoms in total. The van der Waals surface area contributed by atoms with Crippen LogP contribution in [0.1, 0.15) is 20.7 Å². The molecule has 6 heteroatoms. The van der Waals surface area contributed by atoms with Crippen molar-refractivity contribution in [2.75, 3.05) is 0 Å². The standard InChI is InChI=1S/C14H10BrFN2O2/c15-7-4-5-11(16)10(6-7)12-8(13(17)19)2-1-3-9(12)14(18)20/h1-6H,(H2,17,19)(H2,18,20). The van der Waals surface area contributed by atoms with Gasteiger partial charge in [-0.1, -0.05) is 22.0 Å². The second-order valence-corrected chi connectivity index (χ2v) is 5.00. The van der Waals surface area contributed by atoms with Gasteiger partial charge in [0.1, 0.15) is 5.82 Å². The number of halogens is 2. The molecule has 102 valence electrons. The lowest BCUT2D eigenvalue weighted by Crippen LogP contribution is -2.18. The van der Waals surface area contributed by atoms with Crippen LogP contribution >= 0.6 is 15.9 Å². The predicted molar refractivity (Wildman–Crippen MR) is 76.6 cm³/mol. The molecule has 20 heavy (non-hydrogen) atoms. The van der Waals surface area contributed by atoms with Gasteiger partial charge in [-0.3, -0.25) is 9.59 Å². The van der Waals surface area contributed by atoms with Crippen LogP contribution in [0.5, 0.6) is 0 Å². The zero-order valence-electron chi connectivity index (χ0n) is 10.2. The number of rotatable bonds is 3. The van der Waals surface area contributed by atoms with E-state index in [2.05, 4.69) is 15.9 Å². The monoisotopic (exact) mass is 336 g/mol. The molecule has 0 fully saturated rings. The van der Waals surface area contributed by atoms with Gasteiger partial charge >= 0.3 is 0 Å². The van der Waals surface area contributed by atoms with E-state index < -0.39 is 17.6 Å². The van der Waals surface area contributed by atoms with Crippen molar-refractivity contribution in [2.45, 2.75) is 0 Å². The van der Waals surface area contributed by atoms with Crippen LogP contribution in [-0.2, 0) is 0 Å². The highest BCUT2D eigenvalue weighted by Crippen LogP contribution is 2.32. The molecule has 0 aliphatic heterocycles. The van der Waals surface area contributed by atoms with Gasteiger partial charge in [0.05, 0.1) is 0 Å². The topological polar surface area (TPSA) is 86.2 Å². The Labute approximate surface area is 122 Å². The van der Waals surface area contributed by atoms with Gasteiger partial charge < -0.3 is 11.5 Å². The van der Waals surface area contributed by atoms with Crippen molar-refractivity contribution in [1.29, 1.82) is 0 Å². The Morgan fingerprint density at radius 3 is 2.05 bits per heavy atom. The number of benzene rings is 2. The van der Waals surface area contributed by atoms with E-state index in [1.54, 1.807) is 0 Å². The molecule has 0 aliphatic rings. The van der Waals surface area contributed by atoms with E-state index in [9.17, 15) is 14.0 Å². The second kappa shape index (κ2) is 5.42. The van der Waals surface area contributed by atoms with E-state index in [1.165, 1.54) is 36.4 Å². The lowest BCUT2D eigenvalue weighted by molar-refractivity contribution is 0.0999. The Balaban J connectivity index is 2.86. The van der Waals surface area contributed by atoms with Crippen molar-refractivity contribution in [3.8, 4) is 11.1 Å². The summed E-state index contributed by atoms with van der Waals surface area (Å²) in [5, 5.41) is 0. The van der Waals surface area contributed by atoms with Gasteiger partial charge in [0.25, 0.3) is 0 Å². The molecule has 0 bridgehead atoms. The summed E-state index contributed by atoms with van der Waals surface area (Å²) in [6, 6.07) is 8.51. The molecule has 2 amide bonds. The van der Waals surface area contributed by atoms with Gasteiger partial charge in [0.15, 0.2) is 0 Å². The summed E-state index contributed by atoms with van der Waals surface area (Å²) >= 11 is 3.22. The van der Waals surface area contributed by atoms with E-state index in [-0.39, 0.29) is 22.3 Å². The van der Waals surface area contributed by atoms with Crippen molar-refractivity contribution in [1.82, 2.24) is 0 Å². The summed E-state index contributed by atoms with van der Waals surface area (Å²) < 4.78 is 14.6. The molecule has 0 radical (unpaired) electrons. The van der Waals surface area contributed by atoms with E-state index in [1.807, 2.05) is 0 Å². The first-order valence-corrected chi connectivity index (χ1v) is 6.39. The van der Waals surface area contributed by atoms with E-state index in [0.717, 1.165) is 0 Å². The lowest BCUT2D eigenvalue weighted by Gasteiger charge is -2.12. The molecule has 0 saturated carbocycles. The maximum absolute atomic E-state index is 14.0. The number of carbonyl (C=O) groups is 2. The summed E-state index contributed by atoms with van der Waals surface area (Å²) in [5.74, 6) is -2.10. The normalized spacial score (nSPS) is 10.3. The van der Waals surface area contributed by atoms with Crippen LogP contribution < -0.4 is 11.5 Å². The first-order chi connectivity index (χ1) is 9.41. The summed E-state index contributed by atoms with van der Waals surface area (Å²) in [4.78, 5) is 23.0. The van der Waals surface area contributed by atoms with Gasteiger partial charge in [-0.05, 0) is 30.3 Å². The van der Waals surface area contributed by atoms with Gasteiger partial charge in [0, 0.05) is 26.7 Å². The first kappa shape index (κ1) is 14.2. The number of nitrogens with two attached hydrogens (primary N) is 2. The minimum absolute atomic E-state index is 0.0401. The minimum atomic E-state index is -0.762. The molecule has 0 heterocycles. The van der Waals surface area contributed by atoms with Crippen molar-refractivity contribution in [3.63, 3.8) is 0 Å². The third kappa shape index (κ3) is 2.55. The fraction of sp³-hybridized carbons (Fsp3) is 0. The second-order valence-electron chi connectivity index (χ2n) is 4.08. The zero-order valence-corrected chi connectivity index (χ0v) is 11.8. The van der Waals surface area contributed by atoms with Crippen molar-refractivity contribution in [3.05, 3.63) is 57.8 Å². The lowest BCUT2D eigenvalue weighted by atomic mass is 9.93. The van der Waals surface area contributed by atoms with Crippen LogP contribution in [0, 0.1) is 5.82 Å². The fourth-order valence-electron chi connectivity index (χ4n) is 1.94. The number of hydrogen-bond acceptors (Lipinski definition) is 2. The van der Waals surface area contributed by atoms with Gasteiger partial charge in [0.2, 0.25) is 11.8 Å². The van der Waals surface area contributed by atoms with Crippen LogP contribution in [-0.4, -0.2) is 11.8 Å². The predicted octanol–water partition coefficient (Wildman–Crippen LogP) is 2.45. The minimum Gasteiger partial charge on any atom is -0.366 e. The Morgan fingerprint density at radius 1 is 1.00 bits per heavy atom. The maximum atomic E-state index is 14.0. The zero-order chi connectivity index (χ0) is 14.9. The summed E-state index contributed by atoms with van der Waals surface area (Å²) in [6.07, 6.45) is 0. The molecule has 0 spiro atoms. The van der Waals surface area contributed by atoms with E-state index >= 15 is 0 Å². The van der Waals surface area contributed by atoms with Crippen molar-refractivity contribution in [2.24, 2.45) is 11.5 Å². The highest BCUT2D eigenvalue weighted by Gasteiger charge is 2.20. The molecule has 2 aromatic carbocycles. The smallest absolute Gasteiger partial charge is 0.249 e. The third-order valence-corrected chi connectivity index (χ3v) is 3.29. The quantitative estimate of drug-likeness (QED) is 0.901. The molecule has 0 atom stereocenters. The fourth-order valence-corrected chi connectivity index (χ4v) is 2.30. The van der Waals surface area contributed by atoms with Crippen LogP contribution in [0.15, 0.2) is 40.9 Å². The molecule has 4 N–H and O–H groups in total. The Hall–Kier alpha value is -2.21. The summed E-state index contributed by atoms with van der Waals surface area (Å²) in [7, 11) is 0. The maximum Gasteiger partial charge on any atom is 0.249 e. The van der Waals surface area contributed by atoms with Gasteiger partial charge in [-0.2, -0.15) is 0 Å². The summed E-state index contributed by atoms with van der Waals surface area (Å²) in [5.41, 5.74) is 10.8. The van der Waals surface area contributed by atoms with Crippen molar-refractivity contribution < 1.29 is 14.0 Å². The largest absolute Gasteiger partial charge is 0.366 e. The average Bonchev–Trinajstić information content (AvgIpc) is 2.40.